The number of piperidine rings is 1. The van der Waals surface area contributed by atoms with Gasteiger partial charge in [-0.25, -0.2) is 4.79 Å². The van der Waals surface area contributed by atoms with Crippen LogP contribution in [0.3, 0.4) is 0 Å². The lowest BCUT2D eigenvalue weighted by atomic mass is 9.75. The standard InChI is InChI=1S/C21H22ClNO4/c22-18-9-7-16(8-10-18)13-21(19(24)25)11-4-12-23(15-21)20(26)27-14-17-5-2-1-3-6-17/h1-3,5-10H,4,11-15H2,(H,24,25). The Bertz CT molecular complexity index is 794. The number of ether oxygens (including phenoxy) is 1. The predicted octanol–water partition coefficient (Wildman–Crippen LogP) is 4.39. The van der Waals surface area contributed by atoms with E-state index in [4.69, 9.17) is 16.3 Å². The second-order valence-corrected chi connectivity index (χ2v) is 7.39. The van der Waals surface area contributed by atoms with Gasteiger partial charge in [0.2, 0.25) is 0 Å². The predicted molar refractivity (Wildman–Crippen MR) is 103 cm³/mol. The van der Waals surface area contributed by atoms with Crippen LogP contribution in [0.2, 0.25) is 5.02 Å². The molecule has 3 rings (SSSR count). The zero-order valence-electron chi connectivity index (χ0n) is 14.9. The number of carbonyl (C=O) groups is 2. The number of nitrogens with zero attached hydrogens (tertiary/aromatic N) is 1. The molecule has 0 aromatic heterocycles. The van der Waals surface area contributed by atoms with Gasteiger partial charge in [0, 0.05) is 18.1 Å². The molecule has 2 aromatic carbocycles. The van der Waals surface area contributed by atoms with E-state index in [9.17, 15) is 14.7 Å². The first kappa shape index (κ1) is 19.2. The third-order valence-electron chi connectivity index (χ3n) is 4.95. The van der Waals surface area contributed by atoms with E-state index in [1.54, 1.807) is 12.1 Å². The number of halogens is 1. The van der Waals surface area contributed by atoms with Crippen molar-refractivity contribution in [1.82, 2.24) is 4.90 Å². The van der Waals surface area contributed by atoms with Gasteiger partial charge in [0.05, 0.1) is 5.41 Å². The highest BCUT2D eigenvalue weighted by Crippen LogP contribution is 2.35. The van der Waals surface area contributed by atoms with Crippen LogP contribution in [-0.4, -0.2) is 35.2 Å². The Morgan fingerprint density at radius 3 is 2.44 bits per heavy atom. The number of amides is 1. The molecule has 1 aliphatic rings. The lowest BCUT2D eigenvalue weighted by Crippen LogP contribution is -2.51. The van der Waals surface area contributed by atoms with E-state index >= 15 is 0 Å². The van der Waals surface area contributed by atoms with Crippen LogP contribution in [0.5, 0.6) is 0 Å². The molecule has 1 saturated heterocycles. The molecule has 1 unspecified atom stereocenters. The van der Waals surface area contributed by atoms with E-state index in [0.717, 1.165) is 11.1 Å². The zero-order valence-corrected chi connectivity index (χ0v) is 15.7. The second-order valence-electron chi connectivity index (χ2n) is 6.95. The lowest BCUT2D eigenvalue weighted by molar-refractivity contribution is -0.152. The summed E-state index contributed by atoms with van der Waals surface area (Å²) in [4.78, 5) is 26.1. The molecule has 1 fully saturated rings. The summed E-state index contributed by atoms with van der Waals surface area (Å²) in [6, 6.07) is 16.6. The number of aliphatic carboxylic acids is 1. The molecule has 27 heavy (non-hydrogen) atoms. The molecule has 6 heteroatoms. The second kappa shape index (κ2) is 8.44. The first-order valence-electron chi connectivity index (χ1n) is 8.92. The Morgan fingerprint density at radius 2 is 1.78 bits per heavy atom. The highest BCUT2D eigenvalue weighted by molar-refractivity contribution is 6.30. The minimum Gasteiger partial charge on any atom is -0.481 e. The molecule has 0 radical (unpaired) electrons. The molecular formula is C21H22ClNO4. The van der Waals surface area contributed by atoms with Crippen LogP contribution >= 0.6 is 11.6 Å². The number of carbonyl (C=O) groups excluding carboxylic acids is 1. The smallest absolute Gasteiger partial charge is 0.410 e. The van der Waals surface area contributed by atoms with E-state index in [0.29, 0.717) is 30.8 Å². The maximum Gasteiger partial charge on any atom is 0.410 e. The van der Waals surface area contributed by atoms with Crippen molar-refractivity contribution < 1.29 is 19.4 Å². The van der Waals surface area contributed by atoms with Gasteiger partial charge >= 0.3 is 12.1 Å². The van der Waals surface area contributed by atoms with Crippen LogP contribution in [0.1, 0.15) is 24.0 Å². The molecule has 0 bridgehead atoms. The van der Waals surface area contributed by atoms with Crippen molar-refractivity contribution in [2.75, 3.05) is 13.1 Å². The fourth-order valence-electron chi connectivity index (χ4n) is 3.49. The van der Waals surface area contributed by atoms with Crippen molar-refractivity contribution >= 4 is 23.7 Å². The van der Waals surface area contributed by atoms with Gasteiger partial charge in [-0.3, -0.25) is 4.79 Å². The molecule has 5 nitrogen and oxygen atoms in total. The Balaban J connectivity index is 1.68. The normalized spacial score (nSPS) is 19.5. The number of hydrogen-bond acceptors (Lipinski definition) is 3. The number of carboxylic acid groups (broad SMARTS) is 1. The van der Waals surface area contributed by atoms with Crippen molar-refractivity contribution in [1.29, 1.82) is 0 Å². The van der Waals surface area contributed by atoms with Crippen molar-refractivity contribution in [2.45, 2.75) is 25.9 Å². The summed E-state index contributed by atoms with van der Waals surface area (Å²) in [5.74, 6) is -0.891. The van der Waals surface area contributed by atoms with Gasteiger partial charge in [-0.1, -0.05) is 54.1 Å². The van der Waals surface area contributed by atoms with E-state index in [-0.39, 0.29) is 13.2 Å². The quantitative estimate of drug-likeness (QED) is 0.826. The fraction of sp³-hybridized carbons (Fsp3) is 0.333. The third kappa shape index (κ3) is 4.80. The summed E-state index contributed by atoms with van der Waals surface area (Å²) in [5.41, 5.74) is 0.771. The monoisotopic (exact) mass is 387 g/mol. The number of likely N-dealkylation sites (tertiary alicyclic amines) is 1. The van der Waals surface area contributed by atoms with Crippen LogP contribution in [0.4, 0.5) is 4.79 Å². The average molecular weight is 388 g/mol. The van der Waals surface area contributed by atoms with Gasteiger partial charge in [0.15, 0.2) is 0 Å². The molecule has 0 spiro atoms. The average Bonchev–Trinajstić information content (AvgIpc) is 2.69. The molecule has 2 aromatic rings. The molecule has 1 heterocycles. The maximum atomic E-state index is 12.5. The van der Waals surface area contributed by atoms with Gasteiger partial charge in [-0.2, -0.15) is 0 Å². The van der Waals surface area contributed by atoms with Gasteiger partial charge < -0.3 is 14.7 Å². The summed E-state index contributed by atoms with van der Waals surface area (Å²) in [6.07, 6.45) is 1.02. The Kier molecular flexibility index (Phi) is 6.01. The summed E-state index contributed by atoms with van der Waals surface area (Å²) in [7, 11) is 0. The highest BCUT2D eigenvalue weighted by Gasteiger charge is 2.44. The molecule has 0 saturated carbocycles. The fourth-order valence-corrected chi connectivity index (χ4v) is 3.61. The van der Waals surface area contributed by atoms with Gasteiger partial charge in [0.25, 0.3) is 0 Å². The number of carboxylic acids is 1. The van der Waals surface area contributed by atoms with E-state index < -0.39 is 17.5 Å². The Labute approximate surface area is 163 Å². The highest BCUT2D eigenvalue weighted by atomic mass is 35.5. The zero-order chi connectivity index (χ0) is 19.3. The molecule has 1 N–H and O–H groups in total. The van der Waals surface area contributed by atoms with Crippen molar-refractivity contribution in [3.05, 3.63) is 70.7 Å². The molecule has 0 aliphatic carbocycles. The van der Waals surface area contributed by atoms with Crippen LogP contribution in [-0.2, 0) is 22.6 Å². The Hall–Kier alpha value is -2.53. The lowest BCUT2D eigenvalue weighted by Gasteiger charge is -2.39. The van der Waals surface area contributed by atoms with Crippen LogP contribution in [0.15, 0.2) is 54.6 Å². The van der Waals surface area contributed by atoms with Crippen LogP contribution < -0.4 is 0 Å². The molecule has 1 aliphatic heterocycles. The van der Waals surface area contributed by atoms with Crippen LogP contribution in [0.25, 0.3) is 0 Å². The Morgan fingerprint density at radius 1 is 1.07 bits per heavy atom. The number of hydrogen-bond donors (Lipinski definition) is 1. The first-order valence-corrected chi connectivity index (χ1v) is 9.30. The molecular weight excluding hydrogens is 366 g/mol. The van der Waals surface area contributed by atoms with Crippen LogP contribution in [0, 0.1) is 5.41 Å². The van der Waals surface area contributed by atoms with Gasteiger partial charge in [-0.05, 0) is 42.5 Å². The van der Waals surface area contributed by atoms with Gasteiger partial charge in [0.1, 0.15) is 6.61 Å². The summed E-state index contributed by atoms with van der Waals surface area (Å²) >= 11 is 5.92. The van der Waals surface area contributed by atoms with E-state index in [1.807, 2.05) is 42.5 Å². The summed E-state index contributed by atoms with van der Waals surface area (Å²) in [6.45, 7) is 0.815. The third-order valence-corrected chi connectivity index (χ3v) is 5.20. The minimum absolute atomic E-state index is 0.137. The molecule has 142 valence electrons. The van der Waals surface area contributed by atoms with Crippen molar-refractivity contribution in [3.63, 3.8) is 0 Å². The van der Waals surface area contributed by atoms with Crippen molar-refractivity contribution in [2.24, 2.45) is 5.41 Å². The molecule has 1 amide bonds. The van der Waals surface area contributed by atoms with Gasteiger partial charge in [-0.15, -0.1) is 0 Å². The number of rotatable bonds is 5. The summed E-state index contributed by atoms with van der Waals surface area (Å²) < 4.78 is 5.38. The maximum absolute atomic E-state index is 12.5. The first-order chi connectivity index (χ1) is 13.0. The largest absolute Gasteiger partial charge is 0.481 e. The SMILES string of the molecule is O=C(OCc1ccccc1)N1CCCC(Cc2ccc(Cl)cc2)(C(=O)O)C1. The topological polar surface area (TPSA) is 66.8 Å². The molecule has 1 atom stereocenters. The summed E-state index contributed by atoms with van der Waals surface area (Å²) in [5, 5.41) is 10.5. The minimum atomic E-state index is -1.02. The van der Waals surface area contributed by atoms with E-state index in [1.165, 1.54) is 4.90 Å². The van der Waals surface area contributed by atoms with Crippen molar-refractivity contribution in [3.8, 4) is 0 Å². The van der Waals surface area contributed by atoms with E-state index in [2.05, 4.69) is 0 Å². The number of benzene rings is 2.